The third-order valence-corrected chi connectivity index (χ3v) is 3.18. The monoisotopic (exact) mass is 250 g/mol. The van der Waals surface area contributed by atoms with E-state index in [-0.39, 0.29) is 12.3 Å². The molecule has 4 nitrogen and oxygen atoms in total. The van der Waals surface area contributed by atoms with Crippen LogP contribution in [-0.4, -0.2) is 17.4 Å². The van der Waals surface area contributed by atoms with E-state index >= 15 is 0 Å². The molecule has 0 saturated carbocycles. The summed E-state index contributed by atoms with van der Waals surface area (Å²) in [5.74, 6) is 1.28. The Bertz CT molecular complexity index is 503. The number of hydrogen-bond donors (Lipinski definition) is 1. The molecule has 2 rings (SSSR count). The van der Waals surface area contributed by atoms with E-state index in [2.05, 4.69) is 10.3 Å². The lowest BCUT2D eigenvalue weighted by Crippen LogP contribution is -2.24. The van der Waals surface area contributed by atoms with Crippen molar-refractivity contribution in [3.8, 4) is 10.8 Å². The van der Waals surface area contributed by atoms with Gasteiger partial charge >= 0.3 is 0 Å². The second-order valence-electron chi connectivity index (χ2n) is 3.63. The highest BCUT2D eigenvalue weighted by molar-refractivity contribution is 7.13. The molecule has 0 spiro atoms. The first kappa shape index (κ1) is 11.9. The predicted molar refractivity (Wildman–Crippen MR) is 66.9 cm³/mol. The average Bonchev–Trinajstić information content (AvgIpc) is 2.89. The summed E-state index contributed by atoms with van der Waals surface area (Å²) in [6.45, 7) is 4.36. The lowest BCUT2D eigenvalue weighted by Gasteiger charge is -1.98. The van der Waals surface area contributed by atoms with Crippen molar-refractivity contribution in [1.82, 2.24) is 10.3 Å². The maximum atomic E-state index is 11.5. The molecule has 5 heteroatoms. The quantitative estimate of drug-likeness (QED) is 0.906. The van der Waals surface area contributed by atoms with Crippen LogP contribution in [0, 0.1) is 6.92 Å². The first-order valence-corrected chi connectivity index (χ1v) is 6.35. The molecule has 2 aromatic heterocycles. The average molecular weight is 250 g/mol. The second kappa shape index (κ2) is 5.14. The van der Waals surface area contributed by atoms with Crippen LogP contribution in [-0.2, 0) is 11.2 Å². The van der Waals surface area contributed by atoms with E-state index < -0.39 is 0 Å². The number of nitrogens with one attached hydrogen (secondary N) is 1. The van der Waals surface area contributed by atoms with Gasteiger partial charge in [-0.15, -0.1) is 11.3 Å². The zero-order valence-electron chi connectivity index (χ0n) is 9.82. The van der Waals surface area contributed by atoms with Crippen molar-refractivity contribution in [2.75, 3.05) is 6.54 Å². The number of carbonyl (C=O) groups excluding carboxylic acids is 1. The third-order valence-electron chi connectivity index (χ3n) is 2.33. The highest BCUT2D eigenvalue weighted by atomic mass is 32.1. The number of hydrogen-bond acceptors (Lipinski definition) is 4. The van der Waals surface area contributed by atoms with Crippen LogP contribution in [0.3, 0.4) is 0 Å². The number of rotatable bonds is 4. The van der Waals surface area contributed by atoms with Gasteiger partial charge in [0.15, 0.2) is 0 Å². The minimum absolute atomic E-state index is 0.0263. The van der Waals surface area contributed by atoms with Crippen molar-refractivity contribution >= 4 is 17.2 Å². The van der Waals surface area contributed by atoms with Gasteiger partial charge in [-0.2, -0.15) is 0 Å². The molecule has 0 radical (unpaired) electrons. The lowest BCUT2D eigenvalue weighted by atomic mass is 10.2. The molecule has 0 aliphatic rings. The standard InChI is InChI=1S/C12H14N2O2S/c1-3-13-11(15)7-9-8(2)16-12(14-9)10-5-4-6-17-10/h4-6H,3,7H2,1-2H3,(H,13,15). The summed E-state index contributed by atoms with van der Waals surface area (Å²) in [6.07, 6.45) is 0.272. The SMILES string of the molecule is CCNC(=O)Cc1nc(-c2cccs2)oc1C. The first-order valence-electron chi connectivity index (χ1n) is 5.47. The van der Waals surface area contributed by atoms with Gasteiger partial charge in [-0.05, 0) is 25.3 Å². The Morgan fingerprint density at radius 3 is 3.06 bits per heavy atom. The van der Waals surface area contributed by atoms with Crippen molar-refractivity contribution in [2.45, 2.75) is 20.3 Å². The number of aromatic nitrogens is 1. The number of likely N-dealkylation sites (N-methyl/N-ethyl adjacent to an activating group) is 1. The molecule has 1 N–H and O–H groups in total. The zero-order chi connectivity index (χ0) is 12.3. The summed E-state index contributed by atoms with van der Waals surface area (Å²) in [5.41, 5.74) is 0.708. The van der Waals surface area contributed by atoms with E-state index in [0.29, 0.717) is 23.9 Å². The van der Waals surface area contributed by atoms with Crippen LogP contribution >= 0.6 is 11.3 Å². The third kappa shape index (κ3) is 2.74. The molecule has 2 aromatic rings. The van der Waals surface area contributed by atoms with Crippen molar-refractivity contribution in [3.63, 3.8) is 0 Å². The summed E-state index contributed by atoms with van der Waals surface area (Å²) in [4.78, 5) is 16.8. The van der Waals surface area contributed by atoms with Gasteiger partial charge in [-0.3, -0.25) is 4.79 Å². The Kier molecular flexibility index (Phi) is 3.58. The van der Waals surface area contributed by atoms with Crippen molar-refractivity contribution in [2.24, 2.45) is 0 Å². The highest BCUT2D eigenvalue weighted by Gasteiger charge is 2.14. The Morgan fingerprint density at radius 2 is 2.41 bits per heavy atom. The normalized spacial score (nSPS) is 10.5. The predicted octanol–water partition coefficient (Wildman–Crippen LogP) is 2.39. The minimum atomic E-state index is -0.0263. The summed E-state index contributed by atoms with van der Waals surface area (Å²) in [7, 11) is 0. The molecule has 0 atom stereocenters. The molecule has 0 aromatic carbocycles. The van der Waals surface area contributed by atoms with Crippen molar-refractivity contribution in [3.05, 3.63) is 29.0 Å². The number of aryl methyl sites for hydroxylation is 1. The Hall–Kier alpha value is -1.62. The van der Waals surface area contributed by atoms with Gasteiger partial charge in [0.05, 0.1) is 17.0 Å². The molecule has 90 valence electrons. The van der Waals surface area contributed by atoms with E-state index in [4.69, 9.17) is 4.42 Å². The second-order valence-corrected chi connectivity index (χ2v) is 4.58. The van der Waals surface area contributed by atoms with E-state index in [0.717, 1.165) is 4.88 Å². The summed E-state index contributed by atoms with van der Waals surface area (Å²) >= 11 is 1.57. The molecule has 1 amide bonds. The van der Waals surface area contributed by atoms with Gasteiger partial charge in [0, 0.05) is 6.54 Å². The van der Waals surface area contributed by atoms with Gasteiger partial charge in [0.2, 0.25) is 11.8 Å². The van der Waals surface area contributed by atoms with E-state index in [9.17, 15) is 4.79 Å². The molecule has 0 aliphatic heterocycles. The number of amides is 1. The van der Waals surface area contributed by atoms with Crippen LogP contribution in [0.25, 0.3) is 10.8 Å². The largest absolute Gasteiger partial charge is 0.440 e. The zero-order valence-corrected chi connectivity index (χ0v) is 10.6. The van der Waals surface area contributed by atoms with Gasteiger partial charge in [0.25, 0.3) is 0 Å². The van der Waals surface area contributed by atoms with E-state index in [1.54, 1.807) is 11.3 Å². The summed E-state index contributed by atoms with van der Waals surface area (Å²) < 4.78 is 5.56. The van der Waals surface area contributed by atoms with Crippen LogP contribution in [0.5, 0.6) is 0 Å². The van der Waals surface area contributed by atoms with Gasteiger partial charge in [-0.1, -0.05) is 6.07 Å². The minimum Gasteiger partial charge on any atom is -0.440 e. The molecule has 0 unspecified atom stereocenters. The maximum absolute atomic E-state index is 11.5. The number of carbonyl (C=O) groups is 1. The van der Waals surface area contributed by atoms with Crippen molar-refractivity contribution in [1.29, 1.82) is 0 Å². The van der Waals surface area contributed by atoms with Gasteiger partial charge < -0.3 is 9.73 Å². The molecular weight excluding hydrogens is 236 g/mol. The molecule has 0 fully saturated rings. The molecule has 17 heavy (non-hydrogen) atoms. The Labute approximate surface area is 104 Å². The first-order chi connectivity index (χ1) is 8.20. The number of oxazole rings is 1. The lowest BCUT2D eigenvalue weighted by molar-refractivity contribution is -0.120. The van der Waals surface area contributed by atoms with Gasteiger partial charge in [0.1, 0.15) is 5.76 Å². The molecule has 0 aliphatic carbocycles. The topological polar surface area (TPSA) is 55.1 Å². The molecule has 0 bridgehead atoms. The molecular formula is C12H14N2O2S. The van der Waals surface area contributed by atoms with Gasteiger partial charge in [-0.25, -0.2) is 4.98 Å². The number of thiophene rings is 1. The van der Waals surface area contributed by atoms with Crippen LogP contribution in [0.4, 0.5) is 0 Å². The van der Waals surface area contributed by atoms with E-state index in [1.807, 2.05) is 31.4 Å². The maximum Gasteiger partial charge on any atom is 0.236 e. The van der Waals surface area contributed by atoms with Crippen LogP contribution in [0.15, 0.2) is 21.9 Å². The fourth-order valence-corrected chi connectivity index (χ4v) is 2.16. The fraction of sp³-hybridized carbons (Fsp3) is 0.333. The summed E-state index contributed by atoms with van der Waals surface area (Å²) in [6, 6.07) is 3.90. The van der Waals surface area contributed by atoms with Crippen LogP contribution in [0.2, 0.25) is 0 Å². The molecule has 0 saturated heterocycles. The summed E-state index contributed by atoms with van der Waals surface area (Å²) in [5, 5.41) is 4.72. The fourth-order valence-electron chi connectivity index (χ4n) is 1.51. The van der Waals surface area contributed by atoms with Crippen molar-refractivity contribution < 1.29 is 9.21 Å². The highest BCUT2D eigenvalue weighted by Crippen LogP contribution is 2.25. The molecule has 2 heterocycles. The number of nitrogens with zero attached hydrogens (tertiary/aromatic N) is 1. The van der Waals surface area contributed by atoms with Crippen LogP contribution < -0.4 is 5.32 Å². The smallest absolute Gasteiger partial charge is 0.236 e. The van der Waals surface area contributed by atoms with Crippen LogP contribution in [0.1, 0.15) is 18.4 Å². The van der Waals surface area contributed by atoms with E-state index in [1.165, 1.54) is 0 Å². The Balaban J connectivity index is 2.17. The Morgan fingerprint density at radius 1 is 1.59 bits per heavy atom.